The normalized spacial score (nSPS) is 11.9. The van der Waals surface area contributed by atoms with Crippen molar-refractivity contribution in [3.63, 3.8) is 0 Å². The first-order valence-corrected chi connectivity index (χ1v) is 8.08. The maximum atomic E-state index is 12.3. The van der Waals surface area contributed by atoms with Gasteiger partial charge >= 0.3 is 5.97 Å². The number of thiophene rings is 1. The van der Waals surface area contributed by atoms with Gasteiger partial charge in [-0.2, -0.15) is 4.31 Å². The quantitative estimate of drug-likeness (QED) is 0.836. The van der Waals surface area contributed by atoms with Crippen molar-refractivity contribution in [3.05, 3.63) is 16.3 Å². The number of nitrogens with zero attached hydrogens (tertiary/aromatic N) is 1. The van der Waals surface area contributed by atoms with Gasteiger partial charge < -0.3 is 5.11 Å². The molecule has 0 radical (unpaired) electrons. The van der Waals surface area contributed by atoms with Crippen molar-refractivity contribution in [3.8, 4) is 0 Å². The fraction of sp³-hybridized carbons (Fsp3) is 0.545. The van der Waals surface area contributed by atoms with Crippen molar-refractivity contribution in [1.29, 1.82) is 0 Å². The molecule has 1 N–H and O–H groups in total. The molecule has 0 fully saturated rings. The molecule has 0 amide bonds. The van der Waals surface area contributed by atoms with Crippen LogP contribution in [0.1, 0.15) is 36.4 Å². The highest BCUT2D eigenvalue weighted by Gasteiger charge is 2.28. The number of unbranched alkanes of at least 4 members (excludes halogenated alkanes) is 1. The Labute approximate surface area is 111 Å². The summed E-state index contributed by atoms with van der Waals surface area (Å²) in [5.74, 6) is -1.20. The Hall–Kier alpha value is -0.920. The first-order chi connectivity index (χ1) is 8.45. The van der Waals surface area contributed by atoms with Crippen molar-refractivity contribution in [2.24, 2.45) is 0 Å². The number of carboxylic acids is 1. The highest BCUT2D eigenvalue weighted by Crippen LogP contribution is 2.25. The van der Waals surface area contributed by atoms with Crippen LogP contribution in [0.4, 0.5) is 0 Å². The molecular weight excluding hydrogens is 274 g/mol. The van der Waals surface area contributed by atoms with E-state index < -0.39 is 16.0 Å². The van der Waals surface area contributed by atoms with E-state index >= 15 is 0 Å². The average molecular weight is 291 g/mol. The van der Waals surface area contributed by atoms with E-state index in [1.165, 1.54) is 15.8 Å². The molecule has 0 bridgehead atoms. The Kier molecular flexibility index (Phi) is 5.30. The van der Waals surface area contributed by atoms with Crippen molar-refractivity contribution in [2.45, 2.75) is 31.6 Å². The molecule has 5 nitrogen and oxygen atoms in total. The average Bonchev–Trinajstić information content (AvgIpc) is 2.79. The van der Waals surface area contributed by atoms with Gasteiger partial charge in [-0.1, -0.05) is 20.3 Å². The van der Waals surface area contributed by atoms with Crippen LogP contribution >= 0.6 is 11.3 Å². The lowest BCUT2D eigenvalue weighted by Crippen LogP contribution is -2.32. The lowest BCUT2D eigenvalue weighted by Gasteiger charge is -2.19. The lowest BCUT2D eigenvalue weighted by atomic mass is 10.3. The van der Waals surface area contributed by atoms with Crippen molar-refractivity contribution in [2.75, 3.05) is 13.1 Å². The summed E-state index contributed by atoms with van der Waals surface area (Å²) in [4.78, 5) is 10.8. The predicted octanol–water partition coefficient (Wildman–Crippen LogP) is 2.26. The van der Waals surface area contributed by atoms with Gasteiger partial charge in [0.1, 0.15) is 9.77 Å². The molecule has 0 atom stereocenters. The number of carboxylic acid groups (broad SMARTS) is 1. The molecule has 0 saturated carbocycles. The molecule has 1 aromatic heterocycles. The van der Waals surface area contributed by atoms with Gasteiger partial charge in [0, 0.05) is 13.1 Å². The van der Waals surface area contributed by atoms with Gasteiger partial charge in [-0.25, -0.2) is 13.2 Å². The highest BCUT2D eigenvalue weighted by molar-refractivity contribution is 7.89. The topological polar surface area (TPSA) is 74.7 Å². The van der Waals surface area contributed by atoms with Crippen LogP contribution in [0, 0.1) is 0 Å². The SMILES string of the molecule is CCCCN(CC)S(=O)(=O)c1ccsc1C(=O)O. The van der Waals surface area contributed by atoms with Gasteiger partial charge in [0.25, 0.3) is 0 Å². The van der Waals surface area contributed by atoms with Crippen LogP contribution in [-0.2, 0) is 10.0 Å². The monoisotopic (exact) mass is 291 g/mol. The Balaban J connectivity index is 3.11. The highest BCUT2D eigenvalue weighted by atomic mass is 32.2. The molecule has 18 heavy (non-hydrogen) atoms. The van der Waals surface area contributed by atoms with Gasteiger partial charge in [0.05, 0.1) is 0 Å². The molecule has 0 unspecified atom stereocenters. The summed E-state index contributed by atoms with van der Waals surface area (Å²) in [5.41, 5.74) is 0. The van der Waals surface area contributed by atoms with Crippen LogP contribution in [0.2, 0.25) is 0 Å². The predicted molar refractivity (Wildman–Crippen MR) is 70.6 cm³/mol. The van der Waals surface area contributed by atoms with E-state index in [2.05, 4.69) is 0 Å². The molecular formula is C11H17NO4S2. The van der Waals surface area contributed by atoms with Crippen LogP contribution in [0.15, 0.2) is 16.3 Å². The molecule has 1 rings (SSSR count). The molecule has 102 valence electrons. The van der Waals surface area contributed by atoms with Crippen LogP contribution < -0.4 is 0 Å². The first-order valence-electron chi connectivity index (χ1n) is 5.76. The van der Waals surface area contributed by atoms with Crippen LogP contribution in [-0.4, -0.2) is 36.9 Å². The Morgan fingerprint density at radius 2 is 2.11 bits per heavy atom. The third kappa shape index (κ3) is 3.09. The Morgan fingerprint density at radius 1 is 1.44 bits per heavy atom. The second-order valence-corrected chi connectivity index (χ2v) is 6.59. The molecule has 0 aliphatic carbocycles. The minimum atomic E-state index is -3.69. The zero-order valence-electron chi connectivity index (χ0n) is 10.4. The Morgan fingerprint density at radius 3 is 2.61 bits per heavy atom. The van der Waals surface area contributed by atoms with E-state index in [0.29, 0.717) is 13.1 Å². The minimum Gasteiger partial charge on any atom is -0.477 e. The summed E-state index contributed by atoms with van der Waals surface area (Å²) < 4.78 is 26.0. The zero-order valence-corrected chi connectivity index (χ0v) is 12.1. The maximum Gasteiger partial charge on any atom is 0.347 e. The van der Waals surface area contributed by atoms with E-state index in [1.54, 1.807) is 6.92 Å². The van der Waals surface area contributed by atoms with E-state index in [1.807, 2.05) is 6.92 Å². The van der Waals surface area contributed by atoms with E-state index in [0.717, 1.165) is 24.2 Å². The molecule has 0 aliphatic rings. The van der Waals surface area contributed by atoms with Gasteiger partial charge in [-0.05, 0) is 17.9 Å². The number of hydrogen-bond donors (Lipinski definition) is 1. The summed E-state index contributed by atoms with van der Waals surface area (Å²) in [6.45, 7) is 4.50. The summed E-state index contributed by atoms with van der Waals surface area (Å²) in [6, 6.07) is 1.36. The third-order valence-corrected chi connectivity index (χ3v) is 5.60. The first kappa shape index (κ1) is 15.1. The van der Waals surface area contributed by atoms with E-state index in [4.69, 9.17) is 5.11 Å². The molecule has 1 aromatic rings. The molecule has 0 aromatic carbocycles. The molecule has 1 heterocycles. The summed E-state index contributed by atoms with van der Waals surface area (Å²) in [7, 11) is -3.69. The van der Waals surface area contributed by atoms with Gasteiger partial charge in [-0.15, -0.1) is 11.3 Å². The second kappa shape index (κ2) is 6.31. The van der Waals surface area contributed by atoms with Crippen molar-refractivity contribution < 1.29 is 18.3 Å². The number of hydrogen-bond acceptors (Lipinski definition) is 4. The van der Waals surface area contributed by atoms with Crippen molar-refractivity contribution in [1.82, 2.24) is 4.31 Å². The summed E-state index contributed by atoms with van der Waals surface area (Å²) in [6.07, 6.45) is 1.65. The number of rotatable bonds is 7. The van der Waals surface area contributed by atoms with Gasteiger partial charge in [0.2, 0.25) is 10.0 Å². The fourth-order valence-electron chi connectivity index (χ4n) is 1.58. The fourth-order valence-corrected chi connectivity index (χ4v) is 4.30. The standard InChI is InChI=1S/C11H17NO4S2/c1-3-5-7-12(4-2)18(15,16)9-6-8-17-10(9)11(13)14/h6,8H,3-5,7H2,1-2H3,(H,13,14). The number of carbonyl (C=O) groups is 1. The van der Waals surface area contributed by atoms with Crippen LogP contribution in [0.25, 0.3) is 0 Å². The van der Waals surface area contributed by atoms with E-state index in [-0.39, 0.29) is 9.77 Å². The Bertz CT molecular complexity index is 507. The summed E-state index contributed by atoms with van der Waals surface area (Å²) in [5, 5.41) is 10.5. The molecule has 0 saturated heterocycles. The van der Waals surface area contributed by atoms with Gasteiger partial charge in [0.15, 0.2) is 0 Å². The number of sulfonamides is 1. The van der Waals surface area contributed by atoms with E-state index in [9.17, 15) is 13.2 Å². The zero-order chi connectivity index (χ0) is 13.8. The van der Waals surface area contributed by atoms with Crippen LogP contribution in [0.5, 0.6) is 0 Å². The smallest absolute Gasteiger partial charge is 0.347 e. The third-order valence-electron chi connectivity index (χ3n) is 2.55. The van der Waals surface area contributed by atoms with Crippen molar-refractivity contribution >= 4 is 27.3 Å². The molecule has 7 heteroatoms. The molecule has 0 spiro atoms. The summed E-state index contributed by atoms with van der Waals surface area (Å²) >= 11 is 0.931. The second-order valence-electron chi connectivity index (χ2n) is 3.77. The van der Waals surface area contributed by atoms with Crippen LogP contribution in [0.3, 0.4) is 0 Å². The maximum absolute atomic E-state index is 12.3. The minimum absolute atomic E-state index is 0.0991. The number of aromatic carboxylic acids is 1. The molecule has 0 aliphatic heterocycles. The lowest BCUT2D eigenvalue weighted by molar-refractivity contribution is 0.0698. The van der Waals surface area contributed by atoms with Gasteiger partial charge in [-0.3, -0.25) is 0 Å². The largest absolute Gasteiger partial charge is 0.477 e.